The fourth-order valence-corrected chi connectivity index (χ4v) is 8.17. The number of hydrogen-bond donors (Lipinski definition) is 0. The van der Waals surface area contributed by atoms with E-state index in [1.54, 1.807) is 0 Å². The van der Waals surface area contributed by atoms with Gasteiger partial charge in [-0.05, 0) is 71.8 Å². The highest BCUT2D eigenvalue weighted by atomic mass is 15.0. The molecular weight excluding hydrogens is 621 g/mol. The van der Waals surface area contributed by atoms with Crippen LogP contribution >= 0.6 is 0 Å². The first kappa shape index (κ1) is 28.1. The lowest BCUT2D eigenvalue weighted by molar-refractivity contribution is 1.18. The molecule has 0 N–H and O–H groups in total. The van der Waals surface area contributed by atoms with E-state index in [0.717, 1.165) is 51.7 Å². The van der Waals surface area contributed by atoms with E-state index in [9.17, 15) is 0 Å². The van der Waals surface area contributed by atoms with Gasteiger partial charge in [-0.2, -0.15) is 0 Å². The average Bonchev–Trinajstić information content (AvgIpc) is 3.85. The number of hydrogen-bond acceptors (Lipinski definition) is 2. The molecule has 0 aliphatic heterocycles. The zero-order valence-corrected chi connectivity index (χ0v) is 27.7. The number of nitrogens with zero attached hydrogens (tertiary/aromatic N) is 4. The van der Waals surface area contributed by atoms with Gasteiger partial charge in [0.25, 0.3) is 0 Å². The number of fused-ring (bicyclic) bond motifs is 9. The quantitative estimate of drug-likeness (QED) is 0.190. The summed E-state index contributed by atoms with van der Waals surface area (Å²) in [6.45, 7) is 0. The number of pyridine rings is 2. The van der Waals surface area contributed by atoms with E-state index in [2.05, 4.69) is 179 Å². The van der Waals surface area contributed by atoms with Crippen molar-refractivity contribution in [1.82, 2.24) is 19.1 Å². The van der Waals surface area contributed by atoms with Crippen LogP contribution in [0.15, 0.2) is 170 Å². The standard InChI is InChI=1S/C47H30N4/c1-3-11-34(12-4-1)50-42-17-9-7-15-36(42)38-23-19-30(28-44(38)50)40-25-21-32-27-33-22-26-41(49-47(33)46(32)48-40)31-20-24-39-37-16-8-10-18-43(37)51(45(39)29-31)35-13-5-2-6-14-35/h1-26,28-29H,27H2. The molecule has 4 heteroatoms. The van der Waals surface area contributed by atoms with E-state index in [1.165, 1.54) is 54.7 Å². The molecule has 0 spiro atoms. The highest BCUT2D eigenvalue weighted by molar-refractivity contribution is 6.11. The van der Waals surface area contributed by atoms with Crippen molar-refractivity contribution in [2.75, 3.05) is 0 Å². The van der Waals surface area contributed by atoms with Gasteiger partial charge in [-0.25, -0.2) is 9.97 Å². The van der Waals surface area contributed by atoms with Crippen LogP contribution in [0, 0.1) is 0 Å². The van der Waals surface area contributed by atoms with Gasteiger partial charge in [0.2, 0.25) is 0 Å². The second kappa shape index (κ2) is 10.9. The Morgan fingerprint density at radius 1 is 0.353 bits per heavy atom. The normalized spacial score (nSPS) is 12.2. The monoisotopic (exact) mass is 650 g/mol. The van der Waals surface area contributed by atoms with E-state index >= 15 is 0 Å². The fourth-order valence-electron chi connectivity index (χ4n) is 8.17. The van der Waals surface area contributed by atoms with Crippen LogP contribution < -0.4 is 0 Å². The predicted molar refractivity (Wildman–Crippen MR) is 210 cm³/mol. The predicted octanol–water partition coefficient (Wildman–Crippen LogP) is 11.6. The Bertz CT molecular complexity index is 2780. The van der Waals surface area contributed by atoms with Gasteiger partial charge < -0.3 is 9.13 Å². The highest BCUT2D eigenvalue weighted by Crippen LogP contribution is 2.40. The van der Waals surface area contributed by atoms with Crippen LogP contribution in [0.2, 0.25) is 0 Å². The second-order valence-corrected chi connectivity index (χ2v) is 13.4. The summed E-state index contributed by atoms with van der Waals surface area (Å²) in [5.41, 5.74) is 15.5. The Morgan fingerprint density at radius 3 is 1.24 bits per heavy atom. The average molecular weight is 651 g/mol. The van der Waals surface area contributed by atoms with Crippen LogP contribution in [0.3, 0.4) is 0 Å². The molecule has 1 aliphatic rings. The lowest BCUT2D eigenvalue weighted by atomic mass is 10.1. The Hall–Kier alpha value is -6.78. The SMILES string of the molecule is c1ccc(-n2c3ccccc3c3ccc(-c4ccc5c(n4)-c4nc(-c6ccc7c8ccccc8n(-c8ccccc8)c7c6)ccc4C5)cc32)cc1. The van der Waals surface area contributed by atoms with Crippen molar-refractivity contribution >= 4 is 43.6 Å². The third-order valence-corrected chi connectivity index (χ3v) is 10.5. The smallest absolute Gasteiger partial charge is 0.0932 e. The fraction of sp³-hybridized carbons (Fsp3) is 0.0213. The van der Waals surface area contributed by atoms with Gasteiger partial charge in [0.15, 0.2) is 0 Å². The van der Waals surface area contributed by atoms with Crippen molar-refractivity contribution in [3.8, 4) is 45.3 Å². The number of para-hydroxylation sites is 4. The molecule has 0 bridgehead atoms. The molecule has 6 aromatic carbocycles. The van der Waals surface area contributed by atoms with Gasteiger partial charge in [-0.15, -0.1) is 0 Å². The topological polar surface area (TPSA) is 35.6 Å². The first-order valence-electron chi connectivity index (χ1n) is 17.5. The molecule has 238 valence electrons. The third-order valence-electron chi connectivity index (χ3n) is 10.5. The molecule has 11 rings (SSSR count). The zero-order chi connectivity index (χ0) is 33.5. The maximum Gasteiger partial charge on any atom is 0.0932 e. The number of rotatable bonds is 4. The maximum absolute atomic E-state index is 5.32. The molecule has 0 saturated carbocycles. The van der Waals surface area contributed by atoms with E-state index in [0.29, 0.717) is 0 Å². The first-order chi connectivity index (χ1) is 25.3. The highest BCUT2D eigenvalue weighted by Gasteiger charge is 2.24. The maximum atomic E-state index is 5.32. The van der Waals surface area contributed by atoms with Crippen LogP contribution in [0.25, 0.3) is 88.9 Å². The summed E-state index contributed by atoms with van der Waals surface area (Å²) in [5.74, 6) is 0. The molecule has 0 fully saturated rings. The summed E-state index contributed by atoms with van der Waals surface area (Å²) in [6.07, 6.45) is 0.841. The van der Waals surface area contributed by atoms with Crippen molar-refractivity contribution < 1.29 is 0 Å². The summed E-state index contributed by atoms with van der Waals surface area (Å²) in [5, 5.41) is 4.97. The van der Waals surface area contributed by atoms with Gasteiger partial charge in [-0.1, -0.05) is 109 Å². The minimum Gasteiger partial charge on any atom is -0.309 e. The molecule has 4 aromatic heterocycles. The minimum absolute atomic E-state index is 0.841. The number of aromatic nitrogens is 4. The van der Waals surface area contributed by atoms with E-state index in [1.807, 2.05) is 0 Å². The van der Waals surface area contributed by atoms with Crippen LogP contribution in [0.1, 0.15) is 11.1 Å². The molecule has 0 atom stereocenters. The van der Waals surface area contributed by atoms with Crippen LogP contribution in [0.5, 0.6) is 0 Å². The van der Waals surface area contributed by atoms with Crippen molar-refractivity contribution in [3.05, 3.63) is 181 Å². The van der Waals surface area contributed by atoms with E-state index in [-0.39, 0.29) is 0 Å². The minimum atomic E-state index is 0.841. The number of benzene rings is 6. The van der Waals surface area contributed by atoms with Crippen LogP contribution in [-0.2, 0) is 6.42 Å². The van der Waals surface area contributed by atoms with Crippen molar-refractivity contribution in [2.24, 2.45) is 0 Å². The Morgan fingerprint density at radius 2 is 0.765 bits per heavy atom. The summed E-state index contributed by atoms with van der Waals surface area (Å²) in [6, 6.07) is 60.8. The molecule has 0 unspecified atom stereocenters. The molecular formula is C47H30N4. The molecule has 0 saturated heterocycles. The molecule has 10 aromatic rings. The van der Waals surface area contributed by atoms with E-state index < -0.39 is 0 Å². The zero-order valence-electron chi connectivity index (χ0n) is 27.7. The van der Waals surface area contributed by atoms with Crippen molar-refractivity contribution in [2.45, 2.75) is 6.42 Å². The molecule has 4 heterocycles. The van der Waals surface area contributed by atoms with Crippen LogP contribution in [-0.4, -0.2) is 19.1 Å². The van der Waals surface area contributed by atoms with Gasteiger partial charge in [-0.3, -0.25) is 0 Å². The summed E-state index contributed by atoms with van der Waals surface area (Å²) in [4.78, 5) is 10.6. The first-order valence-corrected chi connectivity index (χ1v) is 17.5. The van der Waals surface area contributed by atoms with Crippen molar-refractivity contribution in [3.63, 3.8) is 0 Å². The second-order valence-electron chi connectivity index (χ2n) is 13.4. The summed E-state index contributed by atoms with van der Waals surface area (Å²) < 4.78 is 4.72. The summed E-state index contributed by atoms with van der Waals surface area (Å²) in [7, 11) is 0. The van der Waals surface area contributed by atoms with Crippen molar-refractivity contribution in [1.29, 1.82) is 0 Å². The molecule has 0 amide bonds. The van der Waals surface area contributed by atoms with Gasteiger partial charge >= 0.3 is 0 Å². The Kier molecular flexibility index (Phi) is 5.98. The third kappa shape index (κ3) is 4.26. The molecule has 4 nitrogen and oxygen atoms in total. The summed E-state index contributed by atoms with van der Waals surface area (Å²) >= 11 is 0. The lowest BCUT2D eigenvalue weighted by Gasteiger charge is -2.10. The van der Waals surface area contributed by atoms with Gasteiger partial charge in [0, 0.05) is 50.5 Å². The lowest BCUT2D eigenvalue weighted by Crippen LogP contribution is -1.95. The molecule has 1 aliphatic carbocycles. The molecule has 0 radical (unpaired) electrons. The van der Waals surface area contributed by atoms with E-state index in [4.69, 9.17) is 9.97 Å². The largest absolute Gasteiger partial charge is 0.309 e. The Balaban J connectivity index is 1.03. The van der Waals surface area contributed by atoms with Gasteiger partial charge in [0.05, 0.1) is 44.8 Å². The van der Waals surface area contributed by atoms with Crippen LogP contribution in [0.4, 0.5) is 0 Å². The Labute approximate surface area is 294 Å². The molecule has 51 heavy (non-hydrogen) atoms. The van der Waals surface area contributed by atoms with Gasteiger partial charge in [0.1, 0.15) is 0 Å².